The van der Waals surface area contributed by atoms with Gasteiger partial charge in [0.1, 0.15) is 24.8 Å². The number of aryl methyl sites for hydroxylation is 2. The number of unbranched alkanes of at least 4 members (excludes halogenated alkanes) is 2. The van der Waals surface area contributed by atoms with E-state index in [-0.39, 0.29) is 68.8 Å². The molecule has 0 heterocycles. The van der Waals surface area contributed by atoms with E-state index in [2.05, 4.69) is 20.1 Å². The smallest absolute Gasteiger partial charge is 0.374 e. The molecule has 0 atom stereocenters. The molecule has 65 heavy (non-hydrogen) atoms. The molecule has 1 fully saturated rings. The number of rotatable bonds is 31. The quantitative estimate of drug-likeness (QED) is 0.0232. The lowest BCUT2D eigenvalue weighted by Crippen LogP contribution is -2.30. The molecule has 3 rings (SSSR count). The number of methoxy groups -OCH3 is 2. The monoisotopic (exact) mass is 908 g/mol. The summed E-state index contributed by atoms with van der Waals surface area (Å²) in [6, 6.07) is 9.09. The van der Waals surface area contributed by atoms with Crippen LogP contribution in [0.25, 0.3) is 11.1 Å². The van der Waals surface area contributed by atoms with Gasteiger partial charge in [0.2, 0.25) is 11.6 Å². The molecular formula is C51H69FO13. The van der Waals surface area contributed by atoms with E-state index in [1.807, 2.05) is 24.3 Å². The summed E-state index contributed by atoms with van der Waals surface area (Å²) in [7, 11) is 2.78. The van der Waals surface area contributed by atoms with Crippen LogP contribution in [-0.2, 0) is 70.0 Å². The Morgan fingerprint density at radius 1 is 0.662 bits per heavy atom. The molecule has 0 N–H and O–H groups in total. The third-order valence-corrected chi connectivity index (χ3v) is 11.3. The molecule has 0 aliphatic heterocycles. The molecule has 2 aromatic carbocycles. The minimum absolute atomic E-state index is 0.0101. The molecule has 0 bridgehead atoms. The maximum absolute atomic E-state index is 16.4. The summed E-state index contributed by atoms with van der Waals surface area (Å²) in [6.07, 6.45) is 10.2. The molecule has 0 amide bonds. The van der Waals surface area contributed by atoms with E-state index >= 15 is 4.39 Å². The molecular weight excluding hydrogens is 840 g/mol. The van der Waals surface area contributed by atoms with Gasteiger partial charge >= 0.3 is 23.9 Å². The summed E-state index contributed by atoms with van der Waals surface area (Å²) in [4.78, 5) is 74.3. The SMILES string of the molecule is C=C(C)C(=O)OCCCc1cc(-c2ccc(C3CCC(CCCCC)CC3)cc2F)cc(CCCOC(=O)C(=C)C)c1OCC(COC(=O)C(=O)CCOC)COC(=O)C(=O)CCOC. The fourth-order valence-electron chi connectivity index (χ4n) is 7.54. The molecule has 1 aliphatic carbocycles. The first kappa shape index (κ1) is 54.1. The number of ketones is 2. The summed E-state index contributed by atoms with van der Waals surface area (Å²) < 4.78 is 54.1. The second-order valence-electron chi connectivity index (χ2n) is 16.8. The summed E-state index contributed by atoms with van der Waals surface area (Å²) in [5.41, 5.74) is 3.69. The van der Waals surface area contributed by atoms with Crippen molar-refractivity contribution in [1.29, 1.82) is 0 Å². The van der Waals surface area contributed by atoms with E-state index in [4.69, 9.17) is 33.2 Å². The Morgan fingerprint density at radius 2 is 1.18 bits per heavy atom. The van der Waals surface area contributed by atoms with Crippen LogP contribution in [-0.4, -0.2) is 95.9 Å². The van der Waals surface area contributed by atoms with E-state index in [1.165, 1.54) is 39.9 Å². The Labute approximate surface area is 383 Å². The van der Waals surface area contributed by atoms with Gasteiger partial charge in [-0.25, -0.2) is 23.6 Å². The van der Waals surface area contributed by atoms with Crippen molar-refractivity contribution in [3.63, 3.8) is 0 Å². The third-order valence-electron chi connectivity index (χ3n) is 11.3. The number of carbonyl (C=O) groups excluding carboxylic acids is 6. The fraction of sp³-hybridized carbons (Fsp3) is 0.569. The van der Waals surface area contributed by atoms with Crippen LogP contribution >= 0.6 is 0 Å². The molecule has 0 radical (unpaired) electrons. The van der Waals surface area contributed by atoms with Gasteiger partial charge in [0.25, 0.3) is 0 Å². The summed E-state index contributed by atoms with van der Waals surface area (Å²) in [5.74, 6) is -4.79. The maximum Gasteiger partial charge on any atom is 0.374 e. The van der Waals surface area contributed by atoms with Gasteiger partial charge in [-0.15, -0.1) is 0 Å². The van der Waals surface area contributed by atoms with Gasteiger partial charge < -0.3 is 33.2 Å². The topological polar surface area (TPSA) is 167 Å². The van der Waals surface area contributed by atoms with Crippen LogP contribution in [0.2, 0.25) is 0 Å². The van der Waals surface area contributed by atoms with Crippen molar-refractivity contribution in [3.8, 4) is 16.9 Å². The average Bonchev–Trinajstić information content (AvgIpc) is 3.29. The van der Waals surface area contributed by atoms with E-state index in [0.717, 1.165) is 37.2 Å². The highest BCUT2D eigenvalue weighted by atomic mass is 19.1. The number of Topliss-reactive ketones (excluding diaryl/α,β-unsaturated/α-hetero) is 2. The van der Waals surface area contributed by atoms with Gasteiger partial charge in [-0.05, 0) is 118 Å². The van der Waals surface area contributed by atoms with Crippen molar-refractivity contribution in [2.75, 3.05) is 60.5 Å². The van der Waals surface area contributed by atoms with Gasteiger partial charge in [-0.1, -0.05) is 57.9 Å². The number of hydrogen-bond acceptors (Lipinski definition) is 13. The number of halogens is 1. The third kappa shape index (κ3) is 19.0. The first-order chi connectivity index (χ1) is 31.2. The van der Waals surface area contributed by atoms with Crippen LogP contribution in [0.4, 0.5) is 4.39 Å². The van der Waals surface area contributed by atoms with E-state index in [9.17, 15) is 28.8 Å². The Balaban J connectivity index is 2.02. The zero-order chi connectivity index (χ0) is 47.7. The lowest BCUT2D eigenvalue weighted by molar-refractivity contribution is -0.159. The normalized spacial score (nSPS) is 14.6. The van der Waals surface area contributed by atoms with Crippen molar-refractivity contribution in [1.82, 2.24) is 0 Å². The molecule has 14 heteroatoms. The van der Waals surface area contributed by atoms with Crippen molar-refractivity contribution >= 4 is 35.4 Å². The number of carbonyl (C=O) groups is 6. The van der Waals surface area contributed by atoms with E-state index < -0.39 is 54.6 Å². The van der Waals surface area contributed by atoms with Crippen molar-refractivity contribution < 1.29 is 66.3 Å². The number of esters is 4. The predicted molar refractivity (Wildman–Crippen MR) is 243 cm³/mol. The number of benzene rings is 2. The van der Waals surface area contributed by atoms with Gasteiger partial charge in [-0.2, -0.15) is 0 Å². The molecule has 13 nitrogen and oxygen atoms in total. The first-order valence-electron chi connectivity index (χ1n) is 22.8. The minimum atomic E-state index is -1.11. The molecule has 0 unspecified atom stereocenters. The maximum atomic E-state index is 16.4. The molecule has 0 aromatic heterocycles. The molecule has 1 saturated carbocycles. The van der Waals surface area contributed by atoms with Crippen LogP contribution in [0.3, 0.4) is 0 Å². The van der Waals surface area contributed by atoms with E-state index in [1.54, 1.807) is 19.9 Å². The molecule has 358 valence electrons. The summed E-state index contributed by atoms with van der Waals surface area (Å²) >= 11 is 0. The molecule has 2 aromatic rings. The highest BCUT2D eigenvalue weighted by molar-refractivity contribution is 6.34. The Morgan fingerprint density at radius 3 is 1.65 bits per heavy atom. The van der Waals surface area contributed by atoms with Crippen molar-refractivity contribution in [2.45, 2.75) is 117 Å². The molecule has 0 saturated heterocycles. The zero-order valence-corrected chi connectivity index (χ0v) is 39.1. The summed E-state index contributed by atoms with van der Waals surface area (Å²) in [6.45, 7) is 11.7. The van der Waals surface area contributed by atoms with Gasteiger partial charge in [0.05, 0.1) is 39.0 Å². The lowest BCUT2D eigenvalue weighted by Gasteiger charge is -2.29. The second-order valence-corrected chi connectivity index (χ2v) is 16.8. The van der Waals surface area contributed by atoms with Gasteiger partial charge in [-0.3, -0.25) is 9.59 Å². The standard InChI is InChI=1S/C51H69FO13/c1-8-9-10-13-36-16-18-38(19-17-36)39-20-21-43(44(52)30-39)42-28-40(14-11-24-61-48(55)34(2)3)47(41(29-42)15-12-25-62-49(56)35(4)5)63-31-37(32-64-50(57)45(53)22-26-59-6)33-65-51(58)46(54)23-27-60-7/h20-21,28-30,36-38H,2,4,8-19,22-27,31-33H2,1,3,5-7H3. The minimum Gasteiger partial charge on any atom is -0.492 e. The average molecular weight is 909 g/mol. The van der Waals surface area contributed by atoms with Crippen LogP contribution in [0, 0.1) is 17.7 Å². The highest BCUT2D eigenvalue weighted by Crippen LogP contribution is 2.40. The van der Waals surface area contributed by atoms with Crippen LogP contribution < -0.4 is 4.74 Å². The van der Waals surface area contributed by atoms with E-state index in [0.29, 0.717) is 53.7 Å². The van der Waals surface area contributed by atoms with Crippen LogP contribution in [0.15, 0.2) is 54.6 Å². The first-order valence-corrected chi connectivity index (χ1v) is 22.8. The Kier molecular flexibility index (Phi) is 24.4. The molecule has 0 spiro atoms. The Bertz CT molecular complexity index is 1840. The van der Waals surface area contributed by atoms with Gasteiger partial charge in [0, 0.05) is 43.8 Å². The second kappa shape index (κ2) is 29.4. The van der Waals surface area contributed by atoms with Crippen LogP contribution in [0.5, 0.6) is 5.75 Å². The summed E-state index contributed by atoms with van der Waals surface area (Å²) in [5, 5.41) is 0. The Hall–Kier alpha value is -5.21. The van der Waals surface area contributed by atoms with Crippen molar-refractivity contribution in [3.05, 3.63) is 77.1 Å². The fourth-order valence-corrected chi connectivity index (χ4v) is 7.54. The lowest BCUT2D eigenvalue weighted by atomic mass is 9.77. The zero-order valence-electron chi connectivity index (χ0n) is 39.1. The van der Waals surface area contributed by atoms with Gasteiger partial charge in [0.15, 0.2) is 0 Å². The van der Waals surface area contributed by atoms with Crippen molar-refractivity contribution in [2.24, 2.45) is 11.8 Å². The predicted octanol–water partition coefficient (Wildman–Crippen LogP) is 8.74. The van der Waals surface area contributed by atoms with Crippen LogP contribution in [0.1, 0.15) is 120 Å². The number of ether oxygens (including phenoxy) is 7. The highest BCUT2D eigenvalue weighted by Gasteiger charge is 2.26. The number of hydrogen-bond donors (Lipinski definition) is 0. The molecule has 1 aliphatic rings. The largest absolute Gasteiger partial charge is 0.492 e.